The van der Waals surface area contributed by atoms with Crippen molar-refractivity contribution in [1.82, 2.24) is 5.32 Å². The molecule has 0 amide bonds. The van der Waals surface area contributed by atoms with Crippen LogP contribution >= 0.6 is 0 Å². The van der Waals surface area contributed by atoms with E-state index in [1.165, 1.54) is 0 Å². The number of nitrogens with one attached hydrogen (secondary N) is 1. The zero-order chi connectivity index (χ0) is 14.5. The Hall–Kier alpha value is -1.86. The Balaban J connectivity index is 2.52. The monoisotopic (exact) mass is 260 g/mol. The van der Waals surface area contributed by atoms with Crippen LogP contribution < -0.4 is 5.32 Å². The predicted octanol–water partition coefficient (Wildman–Crippen LogP) is 2.38. The molecule has 1 unspecified atom stereocenters. The van der Waals surface area contributed by atoms with E-state index in [1.54, 1.807) is 19.1 Å². The molecule has 0 aliphatic rings. The molecule has 1 aromatic carbocycles. The molecule has 0 aliphatic heterocycles. The van der Waals surface area contributed by atoms with E-state index in [1.807, 2.05) is 32.9 Å². The van der Waals surface area contributed by atoms with Crippen LogP contribution in [-0.4, -0.2) is 17.6 Å². The van der Waals surface area contributed by atoms with Gasteiger partial charge in [0.15, 0.2) is 0 Å². The van der Waals surface area contributed by atoms with Gasteiger partial charge in [0.05, 0.1) is 11.6 Å². The number of carbonyl (C=O) groups excluding carboxylic acids is 1. The van der Waals surface area contributed by atoms with Crippen molar-refractivity contribution >= 4 is 5.97 Å². The second kappa shape index (κ2) is 6.35. The molecule has 1 N–H and O–H groups in total. The van der Waals surface area contributed by atoms with Gasteiger partial charge in [-0.2, -0.15) is 5.26 Å². The minimum Gasteiger partial charge on any atom is -0.459 e. The molecule has 0 spiro atoms. The normalized spacial score (nSPS) is 12.6. The Morgan fingerprint density at radius 2 is 2.16 bits per heavy atom. The minimum atomic E-state index is -0.478. The predicted molar refractivity (Wildman–Crippen MR) is 73.3 cm³/mol. The van der Waals surface area contributed by atoms with E-state index in [4.69, 9.17) is 10.00 Å². The van der Waals surface area contributed by atoms with E-state index in [0.29, 0.717) is 12.1 Å². The first-order valence-electron chi connectivity index (χ1n) is 6.27. The summed E-state index contributed by atoms with van der Waals surface area (Å²) in [6.45, 7) is 7.81. The van der Waals surface area contributed by atoms with Gasteiger partial charge in [0.1, 0.15) is 11.6 Å². The number of rotatable bonds is 4. The second-order valence-corrected chi connectivity index (χ2v) is 5.45. The highest BCUT2D eigenvalue weighted by atomic mass is 16.6. The van der Waals surface area contributed by atoms with Crippen molar-refractivity contribution in [3.05, 3.63) is 35.4 Å². The van der Waals surface area contributed by atoms with Crippen LogP contribution in [0.25, 0.3) is 0 Å². The molecule has 4 heteroatoms. The fourth-order valence-electron chi connectivity index (χ4n) is 1.50. The summed E-state index contributed by atoms with van der Waals surface area (Å²) in [5.74, 6) is -0.274. The van der Waals surface area contributed by atoms with Crippen molar-refractivity contribution in [1.29, 1.82) is 5.26 Å². The summed E-state index contributed by atoms with van der Waals surface area (Å²) in [4.78, 5) is 11.8. The number of ether oxygens (including phenoxy) is 1. The third-order valence-electron chi connectivity index (χ3n) is 2.43. The number of nitriles is 1. The van der Waals surface area contributed by atoms with Gasteiger partial charge in [-0.1, -0.05) is 12.1 Å². The van der Waals surface area contributed by atoms with Crippen molar-refractivity contribution in [2.75, 3.05) is 0 Å². The number of benzene rings is 1. The molecule has 0 aromatic heterocycles. The maximum atomic E-state index is 11.8. The smallest absolute Gasteiger partial charge is 0.323 e. The van der Waals surface area contributed by atoms with E-state index in [-0.39, 0.29) is 12.0 Å². The maximum Gasteiger partial charge on any atom is 0.323 e. The fraction of sp³-hybridized carbons (Fsp3) is 0.467. The van der Waals surface area contributed by atoms with Gasteiger partial charge in [-0.15, -0.1) is 0 Å². The highest BCUT2D eigenvalue weighted by Gasteiger charge is 2.21. The molecule has 1 aromatic rings. The minimum absolute atomic E-state index is 0.274. The number of esters is 1. The van der Waals surface area contributed by atoms with Crippen molar-refractivity contribution in [2.45, 2.75) is 45.9 Å². The van der Waals surface area contributed by atoms with Crippen LogP contribution in [0.2, 0.25) is 0 Å². The highest BCUT2D eigenvalue weighted by Crippen LogP contribution is 2.09. The van der Waals surface area contributed by atoms with Crippen molar-refractivity contribution in [3.8, 4) is 6.07 Å². The van der Waals surface area contributed by atoms with Crippen LogP contribution in [0.1, 0.15) is 38.8 Å². The summed E-state index contributed by atoms with van der Waals surface area (Å²) in [7, 11) is 0. The van der Waals surface area contributed by atoms with Crippen LogP contribution in [0.4, 0.5) is 0 Å². The number of nitrogens with zero attached hydrogens (tertiary/aromatic N) is 1. The molecule has 1 rings (SSSR count). The van der Waals surface area contributed by atoms with Crippen LogP contribution in [0.3, 0.4) is 0 Å². The molecule has 0 saturated carbocycles. The summed E-state index contributed by atoms with van der Waals surface area (Å²) in [6.07, 6.45) is 0. The molecule has 4 nitrogen and oxygen atoms in total. The zero-order valence-corrected chi connectivity index (χ0v) is 11.9. The first-order chi connectivity index (χ1) is 8.81. The average Bonchev–Trinajstić information content (AvgIpc) is 2.34. The number of hydrogen-bond donors (Lipinski definition) is 1. The summed E-state index contributed by atoms with van der Waals surface area (Å²) >= 11 is 0. The van der Waals surface area contributed by atoms with E-state index < -0.39 is 5.60 Å². The summed E-state index contributed by atoms with van der Waals surface area (Å²) in [5, 5.41) is 11.9. The quantitative estimate of drug-likeness (QED) is 0.844. The Kier molecular flexibility index (Phi) is 5.08. The fourth-order valence-corrected chi connectivity index (χ4v) is 1.50. The largest absolute Gasteiger partial charge is 0.459 e. The van der Waals surface area contributed by atoms with E-state index >= 15 is 0 Å². The molecule has 102 valence electrons. The van der Waals surface area contributed by atoms with Gasteiger partial charge in [0.2, 0.25) is 0 Å². The van der Waals surface area contributed by atoms with Crippen LogP contribution in [0.5, 0.6) is 0 Å². The van der Waals surface area contributed by atoms with Gasteiger partial charge in [-0.3, -0.25) is 4.79 Å². The van der Waals surface area contributed by atoms with Gasteiger partial charge in [-0.25, -0.2) is 0 Å². The molecule has 0 radical (unpaired) electrons. The maximum absolute atomic E-state index is 11.8. The summed E-state index contributed by atoms with van der Waals surface area (Å²) in [6, 6.07) is 9.00. The van der Waals surface area contributed by atoms with Gasteiger partial charge in [0.25, 0.3) is 0 Å². The Morgan fingerprint density at radius 3 is 2.74 bits per heavy atom. The van der Waals surface area contributed by atoms with Crippen LogP contribution in [-0.2, 0) is 16.1 Å². The lowest BCUT2D eigenvalue weighted by atomic mass is 10.1. The zero-order valence-electron chi connectivity index (χ0n) is 11.9. The van der Waals surface area contributed by atoms with Crippen molar-refractivity contribution in [2.24, 2.45) is 0 Å². The van der Waals surface area contributed by atoms with E-state index in [2.05, 4.69) is 11.4 Å². The van der Waals surface area contributed by atoms with E-state index in [0.717, 1.165) is 5.56 Å². The second-order valence-electron chi connectivity index (χ2n) is 5.45. The molecule has 1 atom stereocenters. The lowest BCUT2D eigenvalue weighted by Crippen LogP contribution is -2.38. The third-order valence-corrected chi connectivity index (χ3v) is 2.43. The van der Waals surface area contributed by atoms with Crippen LogP contribution in [0.15, 0.2) is 24.3 Å². The topological polar surface area (TPSA) is 62.1 Å². The Bertz CT molecular complexity index is 484. The van der Waals surface area contributed by atoms with Gasteiger partial charge < -0.3 is 10.1 Å². The highest BCUT2D eigenvalue weighted by molar-refractivity contribution is 5.75. The molecule has 19 heavy (non-hydrogen) atoms. The first kappa shape index (κ1) is 15.2. The summed E-state index contributed by atoms with van der Waals surface area (Å²) < 4.78 is 5.28. The SMILES string of the molecule is CC(NCc1cccc(C#N)c1)C(=O)OC(C)(C)C. The molecular weight excluding hydrogens is 240 g/mol. The summed E-state index contributed by atoms with van der Waals surface area (Å²) in [5.41, 5.74) is 1.10. The third kappa shape index (κ3) is 5.54. The number of hydrogen-bond acceptors (Lipinski definition) is 4. The Labute approximate surface area is 114 Å². The molecule has 0 fully saturated rings. The van der Waals surface area contributed by atoms with Gasteiger partial charge in [-0.05, 0) is 45.4 Å². The lowest BCUT2D eigenvalue weighted by Gasteiger charge is -2.22. The molecule has 0 heterocycles. The lowest BCUT2D eigenvalue weighted by molar-refractivity contribution is -0.157. The van der Waals surface area contributed by atoms with Crippen molar-refractivity contribution < 1.29 is 9.53 Å². The first-order valence-corrected chi connectivity index (χ1v) is 6.27. The van der Waals surface area contributed by atoms with E-state index in [9.17, 15) is 4.79 Å². The van der Waals surface area contributed by atoms with Crippen molar-refractivity contribution in [3.63, 3.8) is 0 Å². The molecule has 0 saturated heterocycles. The molecule has 0 bridgehead atoms. The van der Waals surface area contributed by atoms with Crippen LogP contribution in [0, 0.1) is 11.3 Å². The number of carbonyl (C=O) groups is 1. The average molecular weight is 260 g/mol. The van der Waals surface area contributed by atoms with Gasteiger partial charge in [0, 0.05) is 6.54 Å². The standard InChI is InChI=1S/C15H20N2O2/c1-11(14(18)19-15(2,3)4)17-10-13-7-5-6-12(8-13)9-16/h5-8,11,17H,10H2,1-4H3. The van der Waals surface area contributed by atoms with Gasteiger partial charge >= 0.3 is 5.97 Å². The molecule has 0 aliphatic carbocycles. The molecular formula is C15H20N2O2. The Morgan fingerprint density at radius 1 is 1.47 bits per heavy atom.